The van der Waals surface area contributed by atoms with Crippen LogP contribution in [-0.4, -0.2) is 4.98 Å². The molecule has 0 saturated heterocycles. The summed E-state index contributed by atoms with van der Waals surface area (Å²) in [5.74, 6) is 5.72. The van der Waals surface area contributed by atoms with Crippen molar-refractivity contribution in [2.75, 3.05) is 0 Å². The van der Waals surface area contributed by atoms with Crippen LogP contribution in [-0.2, 0) is 6.42 Å². The third-order valence-corrected chi connectivity index (χ3v) is 4.98. The van der Waals surface area contributed by atoms with Gasteiger partial charge in [-0.3, -0.25) is 11.3 Å². The van der Waals surface area contributed by atoms with Crippen LogP contribution in [0.4, 0.5) is 0 Å². The van der Waals surface area contributed by atoms with E-state index >= 15 is 0 Å². The molecule has 21 heavy (non-hydrogen) atoms. The van der Waals surface area contributed by atoms with Gasteiger partial charge in [0.2, 0.25) is 0 Å². The largest absolute Gasteiger partial charge is 0.271 e. The second kappa shape index (κ2) is 6.12. The minimum atomic E-state index is 0.00339. The van der Waals surface area contributed by atoms with Gasteiger partial charge in [0, 0.05) is 11.4 Å². The summed E-state index contributed by atoms with van der Waals surface area (Å²) in [5, 5.41) is 1.83. The average Bonchev–Trinajstić information content (AvgIpc) is 2.90. The molecule has 0 aliphatic heterocycles. The van der Waals surface area contributed by atoms with Crippen molar-refractivity contribution in [3.63, 3.8) is 0 Å². The summed E-state index contributed by atoms with van der Waals surface area (Å²) in [7, 11) is 0. The van der Waals surface area contributed by atoms with Gasteiger partial charge in [0.15, 0.2) is 0 Å². The molecule has 5 heteroatoms. The minimum Gasteiger partial charge on any atom is -0.271 e. The van der Waals surface area contributed by atoms with Gasteiger partial charge in [-0.15, -0.1) is 11.3 Å². The molecule has 3 nitrogen and oxygen atoms in total. The number of benzene rings is 2. The highest BCUT2D eigenvalue weighted by Crippen LogP contribution is 2.27. The van der Waals surface area contributed by atoms with E-state index in [9.17, 15) is 0 Å². The fourth-order valence-corrected chi connectivity index (χ4v) is 3.48. The Morgan fingerprint density at radius 2 is 2.10 bits per heavy atom. The molecular weight excluding hydrogens is 302 g/mol. The van der Waals surface area contributed by atoms with Gasteiger partial charge in [0.25, 0.3) is 0 Å². The average molecular weight is 318 g/mol. The molecule has 1 aromatic heterocycles. The Hall–Kier alpha value is -1.46. The van der Waals surface area contributed by atoms with Crippen LogP contribution in [0.3, 0.4) is 0 Å². The molecule has 3 rings (SSSR count). The van der Waals surface area contributed by atoms with Gasteiger partial charge in [0.1, 0.15) is 0 Å². The number of fused-ring (bicyclic) bond motifs is 1. The van der Waals surface area contributed by atoms with E-state index in [4.69, 9.17) is 17.4 Å². The van der Waals surface area contributed by atoms with E-state index in [1.54, 1.807) is 11.3 Å². The lowest BCUT2D eigenvalue weighted by Crippen LogP contribution is -2.29. The van der Waals surface area contributed by atoms with Crippen molar-refractivity contribution in [2.45, 2.75) is 19.4 Å². The first-order valence-electron chi connectivity index (χ1n) is 6.74. The standard InChI is InChI=1S/C16H16ClN3S/c1-10-6-7-11(8-12(10)17)14(20-18)9-16-19-13-4-2-3-5-15(13)21-16/h2-8,14,20H,9,18H2,1H3. The van der Waals surface area contributed by atoms with Crippen LogP contribution >= 0.6 is 22.9 Å². The Morgan fingerprint density at radius 3 is 2.81 bits per heavy atom. The molecule has 1 heterocycles. The monoisotopic (exact) mass is 317 g/mol. The second-order valence-corrected chi connectivity index (χ2v) is 6.53. The summed E-state index contributed by atoms with van der Waals surface area (Å²) < 4.78 is 1.20. The summed E-state index contributed by atoms with van der Waals surface area (Å²) in [6.07, 6.45) is 0.745. The Labute approximate surface area is 132 Å². The number of thiazole rings is 1. The number of nitrogens with zero attached hydrogens (tertiary/aromatic N) is 1. The van der Waals surface area contributed by atoms with Crippen molar-refractivity contribution < 1.29 is 0 Å². The number of hydrogen-bond donors (Lipinski definition) is 2. The van der Waals surface area contributed by atoms with Crippen molar-refractivity contribution in [3.8, 4) is 0 Å². The Morgan fingerprint density at radius 1 is 1.29 bits per heavy atom. The molecule has 0 aliphatic carbocycles. The molecule has 3 aromatic rings. The van der Waals surface area contributed by atoms with Crippen LogP contribution in [0.2, 0.25) is 5.02 Å². The number of hydrogen-bond acceptors (Lipinski definition) is 4. The highest BCUT2D eigenvalue weighted by atomic mass is 35.5. The van der Waals surface area contributed by atoms with Gasteiger partial charge in [-0.1, -0.05) is 35.9 Å². The quantitative estimate of drug-likeness (QED) is 0.565. The predicted molar refractivity (Wildman–Crippen MR) is 89.6 cm³/mol. The fraction of sp³-hybridized carbons (Fsp3) is 0.188. The van der Waals surface area contributed by atoms with Gasteiger partial charge in [-0.2, -0.15) is 0 Å². The lowest BCUT2D eigenvalue weighted by atomic mass is 10.0. The first-order chi connectivity index (χ1) is 10.2. The van der Waals surface area contributed by atoms with E-state index in [-0.39, 0.29) is 6.04 Å². The highest BCUT2D eigenvalue weighted by molar-refractivity contribution is 7.18. The lowest BCUT2D eigenvalue weighted by Gasteiger charge is -2.15. The summed E-state index contributed by atoms with van der Waals surface area (Å²) in [5.41, 5.74) is 6.05. The van der Waals surface area contributed by atoms with Crippen molar-refractivity contribution in [1.82, 2.24) is 10.4 Å². The molecule has 2 aromatic carbocycles. The maximum atomic E-state index is 6.20. The number of aromatic nitrogens is 1. The van der Waals surface area contributed by atoms with Gasteiger partial charge < -0.3 is 0 Å². The van der Waals surface area contributed by atoms with Crippen molar-refractivity contribution in [1.29, 1.82) is 0 Å². The number of para-hydroxylation sites is 1. The van der Waals surface area contributed by atoms with Crippen LogP contribution in [0.1, 0.15) is 22.2 Å². The topological polar surface area (TPSA) is 50.9 Å². The Bertz CT molecular complexity index is 736. The molecule has 108 valence electrons. The molecule has 3 N–H and O–H groups in total. The van der Waals surface area contributed by atoms with Gasteiger partial charge >= 0.3 is 0 Å². The molecule has 0 aliphatic rings. The first kappa shape index (κ1) is 14.5. The normalized spacial score (nSPS) is 12.7. The summed E-state index contributed by atoms with van der Waals surface area (Å²) in [4.78, 5) is 4.66. The van der Waals surface area contributed by atoms with Gasteiger partial charge in [-0.05, 0) is 36.2 Å². The number of rotatable bonds is 4. The zero-order valence-corrected chi connectivity index (χ0v) is 13.2. The van der Waals surface area contributed by atoms with Crippen LogP contribution in [0.25, 0.3) is 10.2 Å². The van der Waals surface area contributed by atoms with E-state index in [1.807, 2.05) is 37.3 Å². The lowest BCUT2D eigenvalue weighted by molar-refractivity contribution is 0.551. The predicted octanol–water partition coefficient (Wildman–Crippen LogP) is 4.01. The van der Waals surface area contributed by atoms with Crippen LogP contribution < -0.4 is 11.3 Å². The van der Waals surface area contributed by atoms with E-state index in [0.717, 1.165) is 33.1 Å². The summed E-state index contributed by atoms with van der Waals surface area (Å²) in [6, 6.07) is 14.2. The van der Waals surface area contributed by atoms with Gasteiger partial charge in [0.05, 0.1) is 21.3 Å². The molecule has 1 unspecified atom stereocenters. The molecule has 0 spiro atoms. The first-order valence-corrected chi connectivity index (χ1v) is 7.93. The van der Waals surface area contributed by atoms with E-state index in [1.165, 1.54) is 4.70 Å². The molecule has 0 amide bonds. The van der Waals surface area contributed by atoms with Crippen LogP contribution in [0.5, 0.6) is 0 Å². The number of aryl methyl sites for hydroxylation is 1. The molecule has 0 fully saturated rings. The van der Waals surface area contributed by atoms with Gasteiger partial charge in [-0.25, -0.2) is 4.98 Å². The maximum absolute atomic E-state index is 6.20. The smallest absolute Gasteiger partial charge is 0.0958 e. The third kappa shape index (κ3) is 3.09. The highest BCUT2D eigenvalue weighted by Gasteiger charge is 2.14. The number of halogens is 1. The Kier molecular flexibility index (Phi) is 4.22. The van der Waals surface area contributed by atoms with E-state index < -0.39 is 0 Å². The summed E-state index contributed by atoms with van der Waals surface area (Å²) >= 11 is 7.90. The number of hydrazine groups is 1. The fourth-order valence-electron chi connectivity index (χ4n) is 2.28. The zero-order valence-electron chi connectivity index (χ0n) is 11.6. The van der Waals surface area contributed by atoms with Crippen molar-refractivity contribution in [2.24, 2.45) is 5.84 Å². The molecule has 1 atom stereocenters. The third-order valence-electron chi connectivity index (χ3n) is 3.52. The molecule has 0 radical (unpaired) electrons. The molecule has 0 saturated carbocycles. The van der Waals surface area contributed by atoms with Crippen LogP contribution in [0.15, 0.2) is 42.5 Å². The van der Waals surface area contributed by atoms with E-state index in [0.29, 0.717) is 0 Å². The molecule has 0 bridgehead atoms. The van der Waals surface area contributed by atoms with E-state index in [2.05, 4.69) is 22.5 Å². The van der Waals surface area contributed by atoms with Crippen LogP contribution in [0, 0.1) is 6.92 Å². The number of nitrogens with two attached hydrogens (primary N) is 1. The minimum absolute atomic E-state index is 0.00339. The van der Waals surface area contributed by atoms with Crippen molar-refractivity contribution in [3.05, 3.63) is 63.6 Å². The zero-order chi connectivity index (χ0) is 14.8. The molecular formula is C16H16ClN3S. The number of nitrogens with one attached hydrogen (secondary N) is 1. The SMILES string of the molecule is Cc1ccc(C(Cc2nc3ccccc3s2)NN)cc1Cl. The maximum Gasteiger partial charge on any atom is 0.0958 e. The Balaban J connectivity index is 1.88. The summed E-state index contributed by atoms with van der Waals surface area (Å²) in [6.45, 7) is 1.99. The second-order valence-electron chi connectivity index (χ2n) is 5.01. The van der Waals surface area contributed by atoms with Crippen molar-refractivity contribution >= 4 is 33.2 Å².